The van der Waals surface area contributed by atoms with Crippen molar-refractivity contribution in [2.45, 2.75) is 12.5 Å². The number of benzene rings is 2. The summed E-state index contributed by atoms with van der Waals surface area (Å²) in [6, 6.07) is 17.2. The first-order valence-electron chi connectivity index (χ1n) is 8.07. The van der Waals surface area contributed by atoms with Crippen LogP contribution in [0.3, 0.4) is 0 Å². The van der Waals surface area contributed by atoms with Crippen LogP contribution in [0.1, 0.15) is 15.9 Å². The highest BCUT2D eigenvalue weighted by atomic mass is 35.5. The molecular weight excluding hydrogens is 387 g/mol. The number of pyridine rings is 1. The monoisotopic (exact) mass is 408 g/mol. The van der Waals surface area contributed by atoms with Gasteiger partial charge in [0, 0.05) is 23.0 Å². The average molecular weight is 409 g/mol. The van der Waals surface area contributed by atoms with E-state index in [0.29, 0.717) is 12.0 Å². The van der Waals surface area contributed by atoms with Gasteiger partial charge in [0.2, 0.25) is 5.88 Å². The Morgan fingerprint density at radius 1 is 1.07 bits per heavy atom. The van der Waals surface area contributed by atoms with Crippen molar-refractivity contribution in [1.82, 2.24) is 4.98 Å². The first kappa shape index (κ1) is 22.7. The largest absolute Gasteiger partial charge is 0.475 e. The Labute approximate surface area is 170 Å². The third-order valence-electron chi connectivity index (χ3n) is 3.93. The molecule has 3 aromatic rings. The van der Waals surface area contributed by atoms with E-state index in [1.165, 1.54) is 7.11 Å². The van der Waals surface area contributed by atoms with Gasteiger partial charge in [0.05, 0.1) is 7.11 Å². The number of nitrogens with two attached hydrogens (primary N) is 1. The fraction of sp³-hybridized carbons (Fsp3) is 0.200. The standard InChI is InChI=1S/C20H20N2O3.2ClH/c1-24-20(23)18-17-10-6-5-9-15(17)12-22-19(18)25-13-16(21)11-14-7-3-2-4-8-14;;/h2-10,12,16H,11,13,21H2,1H3;2*1H. The Hall–Kier alpha value is -2.34. The number of ether oxygens (including phenoxy) is 2. The van der Waals surface area contributed by atoms with Crippen molar-refractivity contribution in [3.63, 3.8) is 0 Å². The molecule has 2 aromatic carbocycles. The molecule has 7 heteroatoms. The predicted octanol–water partition coefficient (Wildman–Crippen LogP) is 3.81. The molecule has 0 saturated heterocycles. The number of methoxy groups -OCH3 is 1. The van der Waals surface area contributed by atoms with Gasteiger partial charge in [-0.1, -0.05) is 54.6 Å². The number of esters is 1. The van der Waals surface area contributed by atoms with E-state index in [9.17, 15) is 4.79 Å². The minimum Gasteiger partial charge on any atom is -0.475 e. The molecule has 0 fully saturated rings. The summed E-state index contributed by atoms with van der Waals surface area (Å²) in [6.07, 6.45) is 2.36. The molecule has 1 atom stereocenters. The highest BCUT2D eigenvalue weighted by Crippen LogP contribution is 2.26. The SMILES string of the molecule is COC(=O)c1c(OCC(N)Cc2ccccc2)ncc2ccccc12.Cl.Cl. The van der Waals surface area contributed by atoms with Gasteiger partial charge < -0.3 is 15.2 Å². The van der Waals surface area contributed by atoms with Gasteiger partial charge >= 0.3 is 5.97 Å². The lowest BCUT2D eigenvalue weighted by atomic mass is 10.1. The Morgan fingerprint density at radius 2 is 1.74 bits per heavy atom. The summed E-state index contributed by atoms with van der Waals surface area (Å²) in [4.78, 5) is 16.5. The van der Waals surface area contributed by atoms with Crippen LogP contribution in [0.4, 0.5) is 0 Å². The minimum atomic E-state index is -0.476. The average Bonchev–Trinajstić information content (AvgIpc) is 2.66. The summed E-state index contributed by atoms with van der Waals surface area (Å²) in [6.45, 7) is 0.254. The predicted molar refractivity (Wildman–Crippen MR) is 111 cm³/mol. The van der Waals surface area contributed by atoms with Crippen molar-refractivity contribution in [3.8, 4) is 5.88 Å². The van der Waals surface area contributed by atoms with E-state index >= 15 is 0 Å². The smallest absolute Gasteiger partial charge is 0.344 e. The van der Waals surface area contributed by atoms with Crippen LogP contribution in [0.2, 0.25) is 0 Å². The molecular formula is C20H22Cl2N2O3. The molecule has 0 spiro atoms. The minimum absolute atomic E-state index is 0. The second-order valence-corrected chi connectivity index (χ2v) is 5.78. The van der Waals surface area contributed by atoms with E-state index in [4.69, 9.17) is 15.2 Å². The highest BCUT2D eigenvalue weighted by Gasteiger charge is 2.19. The summed E-state index contributed by atoms with van der Waals surface area (Å²) in [5.41, 5.74) is 7.62. The molecule has 0 amide bonds. The summed E-state index contributed by atoms with van der Waals surface area (Å²) >= 11 is 0. The molecule has 0 aliphatic carbocycles. The molecule has 5 nitrogen and oxygen atoms in total. The highest BCUT2D eigenvalue weighted by molar-refractivity contribution is 6.06. The maximum atomic E-state index is 12.2. The number of nitrogens with zero attached hydrogens (tertiary/aromatic N) is 1. The molecule has 27 heavy (non-hydrogen) atoms. The Morgan fingerprint density at radius 3 is 2.44 bits per heavy atom. The van der Waals surface area contributed by atoms with Crippen molar-refractivity contribution in [2.75, 3.05) is 13.7 Å². The van der Waals surface area contributed by atoms with Gasteiger partial charge in [0.1, 0.15) is 12.2 Å². The zero-order valence-electron chi connectivity index (χ0n) is 14.8. The second kappa shape index (κ2) is 10.7. The van der Waals surface area contributed by atoms with Crippen LogP contribution in [0.5, 0.6) is 5.88 Å². The number of carbonyl (C=O) groups is 1. The number of rotatable bonds is 6. The lowest BCUT2D eigenvalue weighted by molar-refractivity contribution is 0.0597. The second-order valence-electron chi connectivity index (χ2n) is 5.78. The number of fused-ring (bicyclic) bond motifs is 1. The molecule has 3 rings (SSSR count). The van der Waals surface area contributed by atoms with Gasteiger partial charge in [0.15, 0.2) is 0 Å². The molecule has 0 aliphatic heterocycles. The molecule has 2 N–H and O–H groups in total. The number of carbonyl (C=O) groups excluding carboxylic acids is 1. The molecule has 0 aliphatic rings. The first-order chi connectivity index (χ1) is 12.2. The zero-order valence-corrected chi connectivity index (χ0v) is 16.5. The van der Waals surface area contributed by atoms with Crippen molar-refractivity contribution in [3.05, 3.63) is 71.9 Å². The zero-order chi connectivity index (χ0) is 17.6. The van der Waals surface area contributed by atoms with Crippen LogP contribution in [0, 0.1) is 0 Å². The number of hydrogen-bond acceptors (Lipinski definition) is 5. The van der Waals surface area contributed by atoms with Gasteiger partial charge in [0.25, 0.3) is 0 Å². The van der Waals surface area contributed by atoms with Crippen LogP contribution < -0.4 is 10.5 Å². The Balaban J connectivity index is 0.00000182. The van der Waals surface area contributed by atoms with Gasteiger partial charge in [-0.15, -0.1) is 24.8 Å². The van der Waals surface area contributed by atoms with Crippen LogP contribution in [0.25, 0.3) is 10.8 Å². The van der Waals surface area contributed by atoms with Crippen molar-refractivity contribution >= 4 is 41.6 Å². The summed E-state index contributed by atoms with van der Waals surface area (Å²) in [5, 5.41) is 1.60. The number of halogens is 2. The molecule has 144 valence electrons. The van der Waals surface area contributed by atoms with E-state index < -0.39 is 5.97 Å². The fourth-order valence-corrected chi connectivity index (χ4v) is 2.72. The first-order valence-corrected chi connectivity index (χ1v) is 8.07. The maximum absolute atomic E-state index is 12.2. The maximum Gasteiger partial charge on any atom is 0.344 e. The summed E-state index contributed by atoms with van der Waals surface area (Å²) in [7, 11) is 1.34. The molecule has 1 heterocycles. The van der Waals surface area contributed by atoms with Gasteiger partial charge in [-0.3, -0.25) is 0 Å². The normalized spacial score (nSPS) is 11.0. The van der Waals surface area contributed by atoms with Gasteiger partial charge in [-0.2, -0.15) is 0 Å². The van der Waals surface area contributed by atoms with E-state index in [-0.39, 0.29) is 43.3 Å². The number of aromatic nitrogens is 1. The summed E-state index contributed by atoms with van der Waals surface area (Å²) in [5.74, 6) is -0.231. The van der Waals surface area contributed by atoms with Crippen molar-refractivity contribution in [1.29, 1.82) is 0 Å². The number of hydrogen-bond donors (Lipinski definition) is 1. The third kappa shape index (κ3) is 5.57. The Bertz CT molecular complexity index is 875. The third-order valence-corrected chi connectivity index (χ3v) is 3.93. The van der Waals surface area contributed by atoms with Crippen LogP contribution in [-0.4, -0.2) is 30.7 Å². The topological polar surface area (TPSA) is 74.4 Å². The van der Waals surface area contributed by atoms with Crippen LogP contribution in [0.15, 0.2) is 60.8 Å². The lowest BCUT2D eigenvalue weighted by Gasteiger charge is -2.15. The van der Waals surface area contributed by atoms with Crippen molar-refractivity contribution in [2.24, 2.45) is 5.73 Å². The lowest BCUT2D eigenvalue weighted by Crippen LogP contribution is -2.30. The van der Waals surface area contributed by atoms with Gasteiger partial charge in [-0.25, -0.2) is 9.78 Å². The molecule has 1 unspecified atom stereocenters. The van der Waals surface area contributed by atoms with E-state index in [1.807, 2.05) is 54.6 Å². The summed E-state index contributed by atoms with van der Waals surface area (Å²) < 4.78 is 10.7. The quantitative estimate of drug-likeness (QED) is 0.627. The van der Waals surface area contributed by atoms with Gasteiger partial charge in [-0.05, 0) is 12.0 Å². The fourth-order valence-electron chi connectivity index (χ4n) is 2.72. The van der Waals surface area contributed by atoms with Crippen LogP contribution >= 0.6 is 24.8 Å². The van der Waals surface area contributed by atoms with E-state index in [1.54, 1.807) is 6.20 Å². The molecule has 0 saturated carbocycles. The van der Waals surface area contributed by atoms with E-state index in [2.05, 4.69) is 4.98 Å². The molecule has 0 radical (unpaired) electrons. The van der Waals surface area contributed by atoms with Crippen molar-refractivity contribution < 1.29 is 14.3 Å². The van der Waals surface area contributed by atoms with E-state index in [0.717, 1.165) is 16.3 Å². The molecule has 1 aromatic heterocycles. The van der Waals surface area contributed by atoms with Crippen LogP contribution in [-0.2, 0) is 11.2 Å². The molecule has 0 bridgehead atoms. The Kier molecular flexibility index (Phi) is 9.02.